The standard InChI is InChI=1S/C22H22ClF2N5O3/c1-2-3-10-29-19-13(12-16(23)26-19)21(31)30(22(29)32)11-5-4-9-17-27-20(33-28-17)18-14(24)7-6-8-15(18)25/h6-8H,2-5,9-12H2,1H3. The van der Waals surface area contributed by atoms with Crippen molar-refractivity contribution in [3.63, 3.8) is 0 Å². The number of unbranched alkanes of at least 4 members (excludes halogenated alkanes) is 2. The normalized spacial score (nSPS) is 12.8. The third kappa shape index (κ3) is 4.66. The maximum Gasteiger partial charge on any atom is 0.332 e. The third-order valence-electron chi connectivity index (χ3n) is 5.45. The Kier molecular flexibility index (Phi) is 6.83. The lowest BCUT2D eigenvalue weighted by atomic mass is 10.2. The van der Waals surface area contributed by atoms with Gasteiger partial charge in [0.2, 0.25) is 0 Å². The summed E-state index contributed by atoms with van der Waals surface area (Å²) in [5.41, 5.74) is -0.710. The SMILES string of the molecule is CCCCn1c2c(c(=O)n(CCCCc3noc(-c4c(F)cccc4F)n3)c1=O)CC(Cl)=N2. The molecule has 3 aromatic rings. The van der Waals surface area contributed by atoms with Crippen LogP contribution in [0.3, 0.4) is 0 Å². The molecule has 11 heteroatoms. The predicted molar refractivity (Wildman–Crippen MR) is 119 cm³/mol. The molecule has 2 aromatic heterocycles. The Bertz CT molecular complexity index is 1310. The molecule has 0 N–H and O–H groups in total. The summed E-state index contributed by atoms with van der Waals surface area (Å²) in [5, 5.41) is 4.07. The molecule has 0 bridgehead atoms. The van der Waals surface area contributed by atoms with Crippen molar-refractivity contribution in [3.05, 3.63) is 62.1 Å². The van der Waals surface area contributed by atoms with Crippen molar-refractivity contribution in [1.82, 2.24) is 19.3 Å². The molecule has 0 spiro atoms. The van der Waals surface area contributed by atoms with Gasteiger partial charge in [0.25, 0.3) is 11.4 Å². The molecule has 1 aliphatic rings. The molecule has 33 heavy (non-hydrogen) atoms. The van der Waals surface area contributed by atoms with E-state index in [4.69, 9.17) is 16.1 Å². The Balaban J connectivity index is 1.45. The fraction of sp³-hybridized carbons (Fsp3) is 0.409. The van der Waals surface area contributed by atoms with Crippen molar-refractivity contribution in [2.24, 2.45) is 4.99 Å². The molecule has 1 aliphatic heterocycles. The van der Waals surface area contributed by atoms with Gasteiger partial charge in [0, 0.05) is 25.9 Å². The number of hydrogen-bond donors (Lipinski definition) is 0. The molecule has 0 aliphatic carbocycles. The molecule has 0 amide bonds. The van der Waals surface area contributed by atoms with Gasteiger partial charge >= 0.3 is 5.69 Å². The molecule has 174 valence electrons. The van der Waals surface area contributed by atoms with E-state index in [1.54, 1.807) is 0 Å². The van der Waals surface area contributed by atoms with E-state index in [9.17, 15) is 18.4 Å². The Hall–Kier alpha value is -3.14. The van der Waals surface area contributed by atoms with Crippen LogP contribution in [0.25, 0.3) is 11.5 Å². The second-order valence-electron chi connectivity index (χ2n) is 7.78. The fourth-order valence-corrected chi connectivity index (χ4v) is 3.97. The highest BCUT2D eigenvalue weighted by atomic mass is 35.5. The van der Waals surface area contributed by atoms with Crippen LogP contribution in [-0.2, 0) is 25.9 Å². The number of benzene rings is 1. The van der Waals surface area contributed by atoms with E-state index < -0.39 is 17.3 Å². The lowest BCUT2D eigenvalue weighted by Crippen LogP contribution is -2.41. The van der Waals surface area contributed by atoms with Gasteiger partial charge in [-0.15, -0.1) is 0 Å². The second kappa shape index (κ2) is 9.78. The molecule has 0 saturated carbocycles. The molecule has 0 saturated heterocycles. The lowest BCUT2D eigenvalue weighted by Gasteiger charge is -2.13. The quantitative estimate of drug-likeness (QED) is 0.434. The summed E-state index contributed by atoms with van der Waals surface area (Å²) in [6.45, 7) is 2.69. The first kappa shape index (κ1) is 23.0. The van der Waals surface area contributed by atoms with Crippen LogP contribution in [0.2, 0.25) is 0 Å². The summed E-state index contributed by atoms with van der Waals surface area (Å²) >= 11 is 6.04. The van der Waals surface area contributed by atoms with E-state index in [0.29, 0.717) is 42.4 Å². The average molecular weight is 478 g/mol. The summed E-state index contributed by atoms with van der Waals surface area (Å²) in [4.78, 5) is 34.1. The van der Waals surface area contributed by atoms with E-state index in [-0.39, 0.29) is 35.8 Å². The molecule has 3 heterocycles. The van der Waals surface area contributed by atoms with E-state index >= 15 is 0 Å². The third-order valence-corrected chi connectivity index (χ3v) is 5.67. The highest BCUT2D eigenvalue weighted by molar-refractivity contribution is 6.66. The summed E-state index contributed by atoms with van der Waals surface area (Å²) in [6, 6.07) is 3.48. The van der Waals surface area contributed by atoms with Crippen LogP contribution in [0.1, 0.15) is 44.0 Å². The smallest absolute Gasteiger partial charge is 0.332 e. The minimum absolute atomic E-state index is 0.210. The second-order valence-corrected chi connectivity index (χ2v) is 8.22. The number of nitrogens with zero attached hydrogens (tertiary/aromatic N) is 5. The van der Waals surface area contributed by atoms with Crippen LogP contribution in [0.5, 0.6) is 0 Å². The number of halogens is 3. The predicted octanol–water partition coefficient (Wildman–Crippen LogP) is 3.99. The van der Waals surface area contributed by atoms with E-state index in [0.717, 1.165) is 25.0 Å². The minimum Gasteiger partial charge on any atom is -0.334 e. The first-order valence-corrected chi connectivity index (χ1v) is 11.1. The zero-order chi connectivity index (χ0) is 23.5. The summed E-state index contributed by atoms with van der Waals surface area (Å²) < 4.78 is 35.5. The molecule has 4 rings (SSSR count). The Labute approximate surface area is 192 Å². The minimum atomic E-state index is -0.787. The zero-order valence-corrected chi connectivity index (χ0v) is 18.7. The molecule has 0 unspecified atom stereocenters. The Morgan fingerprint density at radius 2 is 1.82 bits per heavy atom. The number of aryl methyl sites for hydroxylation is 1. The van der Waals surface area contributed by atoms with Crippen molar-refractivity contribution in [1.29, 1.82) is 0 Å². The number of aliphatic imine (C=N–C) groups is 1. The average Bonchev–Trinajstić information content (AvgIpc) is 3.40. The summed E-state index contributed by atoms with van der Waals surface area (Å²) in [5.74, 6) is -1.16. The van der Waals surface area contributed by atoms with Crippen LogP contribution < -0.4 is 11.2 Å². The lowest BCUT2D eigenvalue weighted by molar-refractivity contribution is 0.415. The highest BCUT2D eigenvalue weighted by Gasteiger charge is 2.24. The van der Waals surface area contributed by atoms with Gasteiger partial charge < -0.3 is 4.52 Å². The van der Waals surface area contributed by atoms with Gasteiger partial charge in [-0.2, -0.15) is 4.98 Å². The Morgan fingerprint density at radius 3 is 2.55 bits per heavy atom. The van der Waals surface area contributed by atoms with Crippen LogP contribution in [0, 0.1) is 11.6 Å². The first-order chi connectivity index (χ1) is 15.9. The van der Waals surface area contributed by atoms with Gasteiger partial charge in [0.05, 0.1) is 5.56 Å². The molecule has 0 fully saturated rings. The van der Waals surface area contributed by atoms with Crippen LogP contribution in [-0.4, -0.2) is 24.4 Å². The molecule has 0 radical (unpaired) electrons. The van der Waals surface area contributed by atoms with Crippen LogP contribution >= 0.6 is 11.6 Å². The number of hydrogen-bond acceptors (Lipinski definition) is 6. The van der Waals surface area contributed by atoms with Crippen LogP contribution in [0.4, 0.5) is 14.6 Å². The van der Waals surface area contributed by atoms with Crippen molar-refractivity contribution < 1.29 is 13.3 Å². The van der Waals surface area contributed by atoms with Gasteiger partial charge in [0.1, 0.15) is 28.2 Å². The Morgan fingerprint density at radius 1 is 1.09 bits per heavy atom. The topological polar surface area (TPSA) is 95.3 Å². The van der Waals surface area contributed by atoms with Gasteiger partial charge in [-0.05, 0) is 31.4 Å². The van der Waals surface area contributed by atoms with Crippen molar-refractivity contribution in [2.75, 3.05) is 0 Å². The van der Waals surface area contributed by atoms with Gasteiger partial charge in [0.15, 0.2) is 5.82 Å². The van der Waals surface area contributed by atoms with Gasteiger partial charge in [-0.1, -0.05) is 36.2 Å². The van der Waals surface area contributed by atoms with Crippen molar-refractivity contribution >= 4 is 22.6 Å². The number of aromatic nitrogens is 4. The summed E-state index contributed by atoms with van der Waals surface area (Å²) in [6.07, 6.45) is 3.28. The van der Waals surface area contributed by atoms with Gasteiger partial charge in [-0.25, -0.2) is 18.6 Å². The number of rotatable bonds is 9. The molecule has 8 nitrogen and oxygen atoms in total. The maximum atomic E-state index is 13.9. The van der Waals surface area contributed by atoms with Crippen molar-refractivity contribution in [2.45, 2.75) is 58.5 Å². The van der Waals surface area contributed by atoms with E-state index in [1.165, 1.54) is 15.2 Å². The fourth-order valence-electron chi connectivity index (χ4n) is 3.75. The van der Waals surface area contributed by atoms with E-state index in [1.807, 2.05) is 6.92 Å². The largest absolute Gasteiger partial charge is 0.334 e. The molecular weight excluding hydrogens is 456 g/mol. The van der Waals surface area contributed by atoms with Crippen molar-refractivity contribution in [3.8, 4) is 11.5 Å². The number of fused-ring (bicyclic) bond motifs is 1. The molecule has 1 aromatic carbocycles. The van der Waals surface area contributed by atoms with Gasteiger partial charge in [-0.3, -0.25) is 13.9 Å². The summed E-state index contributed by atoms with van der Waals surface area (Å²) in [7, 11) is 0. The maximum absolute atomic E-state index is 13.9. The molecule has 0 atom stereocenters. The highest BCUT2D eigenvalue weighted by Crippen LogP contribution is 2.25. The monoisotopic (exact) mass is 477 g/mol. The first-order valence-electron chi connectivity index (χ1n) is 10.8. The van der Waals surface area contributed by atoms with E-state index in [2.05, 4.69) is 15.1 Å². The molecular formula is C22H22ClF2N5O3. The zero-order valence-electron chi connectivity index (χ0n) is 18.0. The van der Waals surface area contributed by atoms with Crippen LogP contribution in [0.15, 0.2) is 37.3 Å².